The first-order valence-electron chi connectivity index (χ1n) is 7.55. The topological polar surface area (TPSA) is 69.6 Å². The van der Waals surface area contributed by atoms with Crippen molar-refractivity contribution in [3.8, 4) is 11.5 Å². The number of nitrogens with zero attached hydrogens (tertiary/aromatic N) is 1. The predicted octanol–water partition coefficient (Wildman–Crippen LogP) is 3.42. The van der Waals surface area contributed by atoms with E-state index in [0.717, 1.165) is 0 Å². The van der Waals surface area contributed by atoms with Crippen molar-refractivity contribution in [1.29, 1.82) is 0 Å². The molecule has 25 heavy (non-hydrogen) atoms. The van der Waals surface area contributed by atoms with E-state index in [-0.39, 0.29) is 18.3 Å². The first-order valence-corrected chi connectivity index (χ1v) is 7.55. The van der Waals surface area contributed by atoms with E-state index in [1.165, 1.54) is 35.9 Å². The summed E-state index contributed by atoms with van der Waals surface area (Å²) in [5.41, 5.74) is 1.20. The van der Waals surface area contributed by atoms with E-state index in [0.29, 0.717) is 28.1 Å². The Kier molecular flexibility index (Phi) is 3.42. The second-order valence-electron chi connectivity index (χ2n) is 5.62. The van der Waals surface area contributed by atoms with Crippen LogP contribution in [-0.2, 0) is 0 Å². The number of amides is 1. The van der Waals surface area contributed by atoms with Gasteiger partial charge in [-0.1, -0.05) is 0 Å². The average Bonchev–Trinajstić information content (AvgIpc) is 3.18. The molecule has 0 saturated carbocycles. The second-order valence-corrected chi connectivity index (χ2v) is 5.62. The van der Waals surface area contributed by atoms with Gasteiger partial charge in [0, 0.05) is 30.3 Å². The molecule has 4 rings (SSSR count). The number of carbonyl (C=O) groups excluding carboxylic acids is 2. The minimum atomic E-state index is -0.481. The average molecular weight is 340 g/mol. The van der Waals surface area contributed by atoms with Gasteiger partial charge in [0.15, 0.2) is 11.5 Å². The van der Waals surface area contributed by atoms with Gasteiger partial charge in [-0.25, -0.2) is 4.39 Å². The van der Waals surface area contributed by atoms with E-state index in [2.05, 4.69) is 5.32 Å². The van der Waals surface area contributed by atoms with Gasteiger partial charge in [0.05, 0.1) is 11.1 Å². The molecule has 2 aromatic carbocycles. The summed E-state index contributed by atoms with van der Waals surface area (Å²) in [6, 6.07) is 8.98. The number of rotatable bonds is 2. The van der Waals surface area contributed by atoms with E-state index in [1.54, 1.807) is 18.2 Å². The maximum atomic E-state index is 13.6. The molecular formula is C18H13FN2O4. The Morgan fingerprint density at radius 3 is 2.72 bits per heavy atom. The summed E-state index contributed by atoms with van der Waals surface area (Å²) in [4.78, 5) is 24.4. The molecule has 0 aliphatic carbocycles. The molecule has 126 valence electrons. The molecule has 0 bridgehead atoms. The number of benzene rings is 2. The summed E-state index contributed by atoms with van der Waals surface area (Å²) in [5, 5.41) is 3.10. The third-order valence-corrected chi connectivity index (χ3v) is 3.98. The highest BCUT2D eigenvalue weighted by Crippen LogP contribution is 2.34. The smallest absolute Gasteiger partial charge is 0.257 e. The van der Waals surface area contributed by atoms with Gasteiger partial charge in [-0.05, 0) is 30.3 Å². The highest BCUT2D eigenvalue weighted by atomic mass is 19.1. The Bertz CT molecular complexity index is 1030. The molecule has 1 amide bonds. The van der Waals surface area contributed by atoms with Crippen LogP contribution in [0.15, 0.2) is 42.6 Å². The number of ether oxygens (including phenoxy) is 2. The summed E-state index contributed by atoms with van der Waals surface area (Å²) < 4.78 is 25.4. The summed E-state index contributed by atoms with van der Waals surface area (Å²) in [5.74, 6) is -0.0533. The molecule has 0 radical (unpaired) electrons. The zero-order chi connectivity index (χ0) is 17.6. The van der Waals surface area contributed by atoms with Crippen LogP contribution in [-0.4, -0.2) is 23.2 Å². The molecule has 6 nitrogen and oxygen atoms in total. The van der Waals surface area contributed by atoms with Gasteiger partial charge in [-0.2, -0.15) is 0 Å². The van der Waals surface area contributed by atoms with Crippen molar-refractivity contribution >= 4 is 28.4 Å². The van der Waals surface area contributed by atoms with Gasteiger partial charge in [-0.15, -0.1) is 0 Å². The molecule has 0 atom stereocenters. The molecule has 1 N–H and O–H groups in total. The van der Waals surface area contributed by atoms with Crippen molar-refractivity contribution in [1.82, 2.24) is 4.57 Å². The highest BCUT2D eigenvalue weighted by Gasteiger charge is 2.19. The quantitative estimate of drug-likeness (QED) is 0.776. The van der Waals surface area contributed by atoms with Crippen LogP contribution in [0.4, 0.5) is 10.1 Å². The van der Waals surface area contributed by atoms with Crippen molar-refractivity contribution in [2.24, 2.45) is 0 Å². The molecule has 0 unspecified atom stereocenters. The summed E-state index contributed by atoms with van der Waals surface area (Å²) in [6.45, 7) is 1.51. The molecule has 0 saturated heterocycles. The zero-order valence-electron chi connectivity index (χ0n) is 13.2. The van der Waals surface area contributed by atoms with Crippen molar-refractivity contribution in [3.63, 3.8) is 0 Å². The summed E-state index contributed by atoms with van der Waals surface area (Å²) >= 11 is 0. The Morgan fingerprint density at radius 2 is 1.92 bits per heavy atom. The van der Waals surface area contributed by atoms with Crippen LogP contribution in [0.3, 0.4) is 0 Å². The lowest BCUT2D eigenvalue weighted by Gasteiger charge is -2.05. The molecule has 2 heterocycles. The van der Waals surface area contributed by atoms with Crippen molar-refractivity contribution in [2.45, 2.75) is 6.92 Å². The van der Waals surface area contributed by atoms with E-state index >= 15 is 0 Å². The molecule has 0 fully saturated rings. The molecule has 1 aliphatic rings. The molecule has 0 spiro atoms. The number of nitrogens with one attached hydrogen (secondary N) is 1. The third kappa shape index (κ3) is 2.59. The number of hydrogen-bond donors (Lipinski definition) is 1. The minimum Gasteiger partial charge on any atom is -0.454 e. The SMILES string of the molecule is CC(=O)n1cc(C(=O)Nc2ccc3c(c2)OCO3)c2cc(F)ccc21. The number of halogens is 1. The molecular weight excluding hydrogens is 327 g/mol. The number of carbonyl (C=O) groups is 2. The fourth-order valence-corrected chi connectivity index (χ4v) is 2.82. The highest BCUT2D eigenvalue weighted by molar-refractivity contribution is 6.14. The predicted molar refractivity (Wildman–Crippen MR) is 88.7 cm³/mol. The van der Waals surface area contributed by atoms with E-state index in [9.17, 15) is 14.0 Å². The number of aromatic nitrogens is 1. The van der Waals surface area contributed by atoms with Crippen molar-refractivity contribution in [3.05, 3.63) is 54.0 Å². The Balaban J connectivity index is 1.72. The van der Waals surface area contributed by atoms with Gasteiger partial charge in [-0.3, -0.25) is 14.2 Å². The Hall–Kier alpha value is -3.35. The number of anilines is 1. The second kappa shape index (κ2) is 5.62. The Morgan fingerprint density at radius 1 is 1.12 bits per heavy atom. The maximum Gasteiger partial charge on any atom is 0.257 e. The lowest BCUT2D eigenvalue weighted by atomic mass is 10.1. The first-order chi connectivity index (χ1) is 12.0. The largest absolute Gasteiger partial charge is 0.454 e. The van der Waals surface area contributed by atoms with Crippen molar-refractivity contribution in [2.75, 3.05) is 12.1 Å². The van der Waals surface area contributed by atoms with Gasteiger partial charge >= 0.3 is 0 Å². The Labute approximate surface area is 141 Å². The molecule has 1 aliphatic heterocycles. The third-order valence-electron chi connectivity index (χ3n) is 3.98. The van der Waals surface area contributed by atoms with Crippen LogP contribution in [0.1, 0.15) is 22.1 Å². The van der Waals surface area contributed by atoms with E-state index in [1.807, 2.05) is 0 Å². The van der Waals surface area contributed by atoms with Crippen LogP contribution in [0.2, 0.25) is 0 Å². The monoisotopic (exact) mass is 340 g/mol. The van der Waals surface area contributed by atoms with E-state index < -0.39 is 11.7 Å². The standard InChI is InChI=1S/C18H13FN2O4/c1-10(22)21-8-14(13-6-11(19)2-4-15(13)21)18(23)20-12-3-5-16-17(7-12)25-9-24-16/h2-8H,9H2,1H3,(H,20,23). The summed E-state index contributed by atoms with van der Waals surface area (Å²) in [7, 11) is 0. The fraction of sp³-hybridized carbons (Fsp3) is 0.111. The van der Waals surface area contributed by atoms with Crippen LogP contribution in [0.25, 0.3) is 10.9 Å². The van der Waals surface area contributed by atoms with Crippen LogP contribution >= 0.6 is 0 Å². The normalized spacial score (nSPS) is 12.4. The van der Waals surface area contributed by atoms with Gasteiger partial charge in [0.1, 0.15) is 5.82 Å². The van der Waals surface area contributed by atoms with Gasteiger partial charge in [0.2, 0.25) is 12.7 Å². The summed E-state index contributed by atoms with van der Waals surface area (Å²) in [6.07, 6.45) is 1.41. The lowest BCUT2D eigenvalue weighted by Crippen LogP contribution is -2.12. The number of hydrogen-bond acceptors (Lipinski definition) is 4. The first kappa shape index (κ1) is 15.2. The molecule has 1 aromatic heterocycles. The number of fused-ring (bicyclic) bond motifs is 2. The fourth-order valence-electron chi connectivity index (χ4n) is 2.82. The molecule has 3 aromatic rings. The van der Waals surface area contributed by atoms with Crippen LogP contribution < -0.4 is 14.8 Å². The van der Waals surface area contributed by atoms with E-state index in [4.69, 9.17) is 9.47 Å². The maximum absolute atomic E-state index is 13.6. The van der Waals surface area contributed by atoms with Crippen molar-refractivity contribution < 1.29 is 23.5 Å². The lowest BCUT2D eigenvalue weighted by molar-refractivity contribution is 0.0941. The van der Waals surface area contributed by atoms with Crippen LogP contribution in [0, 0.1) is 5.82 Å². The molecule has 7 heteroatoms. The zero-order valence-corrected chi connectivity index (χ0v) is 13.2. The van der Waals surface area contributed by atoms with Crippen LogP contribution in [0.5, 0.6) is 11.5 Å². The van der Waals surface area contributed by atoms with Gasteiger partial charge in [0.25, 0.3) is 5.91 Å². The van der Waals surface area contributed by atoms with Gasteiger partial charge < -0.3 is 14.8 Å². The minimum absolute atomic E-state index is 0.137.